The van der Waals surface area contributed by atoms with Crippen molar-refractivity contribution >= 4 is 45.5 Å². The fourth-order valence-corrected chi connectivity index (χ4v) is 3.35. The Bertz CT molecular complexity index is 506. The van der Waals surface area contributed by atoms with Crippen LogP contribution in [0.2, 0.25) is 0 Å². The van der Waals surface area contributed by atoms with Gasteiger partial charge in [-0.2, -0.15) is 16.1 Å². The Balaban J connectivity index is 2.12. The van der Waals surface area contributed by atoms with Crippen LogP contribution in [0.5, 0.6) is 0 Å². The van der Waals surface area contributed by atoms with Gasteiger partial charge in [-0.15, -0.1) is 11.3 Å². The Kier molecular flexibility index (Phi) is 4.85. The molecule has 0 fully saturated rings. The van der Waals surface area contributed by atoms with Crippen LogP contribution >= 0.6 is 34.6 Å². The highest BCUT2D eigenvalue weighted by Crippen LogP contribution is 2.36. The lowest BCUT2D eigenvalue weighted by Gasteiger charge is -2.04. The van der Waals surface area contributed by atoms with E-state index in [1.165, 1.54) is 11.5 Å². The van der Waals surface area contributed by atoms with E-state index < -0.39 is 0 Å². The van der Waals surface area contributed by atoms with Gasteiger partial charge in [0.05, 0.1) is 16.3 Å². The number of aromatic nitrogens is 2. The molecule has 0 radical (unpaired) electrons. The molecule has 18 heavy (non-hydrogen) atoms. The van der Waals surface area contributed by atoms with Crippen molar-refractivity contribution in [2.24, 2.45) is 0 Å². The van der Waals surface area contributed by atoms with Gasteiger partial charge >= 0.3 is 0 Å². The molecule has 0 aliphatic carbocycles. The van der Waals surface area contributed by atoms with Crippen LogP contribution in [0.25, 0.3) is 11.3 Å². The number of nitrogens with one attached hydrogen (secondary N) is 1. The van der Waals surface area contributed by atoms with E-state index in [1.807, 2.05) is 24.1 Å². The third kappa shape index (κ3) is 3.15. The summed E-state index contributed by atoms with van der Waals surface area (Å²) in [5.74, 6) is 1.73. The summed E-state index contributed by atoms with van der Waals surface area (Å²) in [5, 5.41) is 7.51. The molecular formula is C11H16N4S3. The van der Waals surface area contributed by atoms with E-state index in [9.17, 15) is 0 Å². The number of aryl methyl sites for hydroxylation is 1. The Morgan fingerprint density at radius 2 is 2.33 bits per heavy atom. The minimum Gasteiger partial charge on any atom is -0.382 e. The summed E-state index contributed by atoms with van der Waals surface area (Å²) in [5.41, 5.74) is 7.81. The largest absolute Gasteiger partial charge is 0.382 e. The molecule has 0 saturated heterocycles. The Labute approximate surface area is 119 Å². The van der Waals surface area contributed by atoms with Crippen molar-refractivity contribution in [3.05, 3.63) is 10.4 Å². The number of hydrogen-bond donors (Lipinski definition) is 2. The number of anilines is 2. The number of nitrogen functional groups attached to an aromatic ring is 1. The topological polar surface area (TPSA) is 63.8 Å². The maximum Gasteiger partial charge on any atom is 0.148 e. The van der Waals surface area contributed by atoms with Crippen LogP contribution in [0.4, 0.5) is 10.8 Å². The van der Waals surface area contributed by atoms with Crippen molar-refractivity contribution in [3.63, 3.8) is 0 Å². The van der Waals surface area contributed by atoms with Gasteiger partial charge in [-0.05, 0) is 36.9 Å². The molecule has 0 unspecified atom stereocenters. The average Bonchev–Trinajstić information content (AvgIpc) is 2.91. The lowest BCUT2D eigenvalue weighted by Crippen LogP contribution is -2.02. The second kappa shape index (κ2) is 6.40. The minimum atomic E-state index is 0.567. The summed E-state index contributed by atoms with van der Waals surface area (Å²) >= 11 is 4.90. The van der Waals surface area contributed by atoms with Crippen molar-refractivity contribution in [2.75, 3.05) is 29.6 Å². The number of rotatable bonds is 6. The van der Waals surface area contributed by atoms with E-state index in [-0.39, 0.29) is 0 Å². The number of nitrogens with zero attached hydrogens (tertiary/aromatic N) is 2. The van der Waals surface area contributed by atoms with E-state index >= 15 is 0 Å². The summed E-state index contributed by atoms with van der Waals surface area (Å²) in [6.45, 7) is 2.94. The quantitative estimate of drug-likeness (QED) is 0.801. The number of nitrogens with two attached hydrogens (primary N) is 1. The molecule has 0 amide bonds. The molecule has 0 saturated carbocycles. The van der Waals surface area contributed by atoms with Gasteiger partial charge in [0.15, 0.2) is 0 Å². The van der Waals surface area contributed by atoms with Crippen LogP contribution in [-0.2, 0) is 0 Å². The molecule has 7 heteroatoms. The van der Waals surface area contributed by atoms with Crippen LogP contribution in [0.15, 0.2) is 5.38 Å². The summed E-state index contributed by atoms with van der Waals surface area (Å²) in [4.78, 5) is 4.48. The lowest BCUT2D eigenvalue weighted by atomic mass is 10.2. The van der Waals surface area contributed by atoms with Gasteiger partial charge < -0.3 is 11.1 Å². The Hall–Kier alpha value is -0.790. The molecular weight excluding hydrogens is 284 g/mol. The number of hydrogen-bond acceptors (Lipinski definition) is 7. The SMILES string of the molecule is CSCCCNc1snc(N)c1-c1csc(C)n1. The van der Waals surface area contributed by atoms with Crippen molar-refractivity contribution < 1.29 is 0 Å². The van der Waals surface area contributed by atoms with E-state index in [0.717, 1.165) is 40.0 Å². The lowest BCUT2D eigenvalue weighted by molar-refractivity contribution is 0.998. The van der Waals surface area contributed by atoms with E-state index in [2.05, 4.69) is 20.9 Å². The maximum atomic E-state index is 5.93. The molecule has 0 aliphatic rings. The van der Waals surface area contributed by atoms with E-state index in [4.69, 9.17) is 5.73 Å². The van der Waals surface area contributed by atoms with Crippen LogP contribution in [0, 0.1) is 6.92 Å². The Morgan fingerprint density at radius 1 is 1.50 bits per heavy atom. The third-order valence-electron chi connectivity index (χ3n) is 2.40. The van der Waals surface area contributed by atoms with Gasteiger partial charge in [0.25, 0.3) is 0 Å². The van der Waals surface area contributed by atoms with Gasteiger partial charge in [-0.3, -0.25) is 0 Å². The highest BCUT2D eigenvalue weighted by molar-refractivity contribution is 7.98. The average molecular weight is 300 g/mol. The molecule has 2 aromatic rings. The molecule has 0 aliphatic heterocycles. The molecule has 0 spiro atoms. The molecule has 2 rings (SSSR count). The molecule has 0 bridgehead atoms. The second-order valence-electron chi connectivity index (χ2n) is 3.80. The van der Waals surface area contributed by atoms with Crippen LogP contribution < -0.4 is 11.1 Å². The molecule has 0 aromatic carbocycles. The molecule has 2 aromatic heterocycles. The van der Waals surface area contributed by atoms with Crippen molar-refractivity contribution in [2.45, 2.75) is 13.3 Å². The predicted octanol–water partition coefficient (Wildman–Crippen LogP) is 3.32. The molecule has 2 heterocycles. The second-order valence-corrected chi connectivity index (χ2v) is 6.62. The van der Waals surface area contributed by atoms with Crippen molar-refractivity contribution in [1.29, 1.82) is 0 Å². The summed E-state index contributed by atoms with van der Waals surface area (Å²) in [6, 6.07) is 0. The first kappa shape index (κ1) is 13.6. The molecule has 3 N–H and O–H groups in total. The first-order valence-electron chi connectivity index (χ1n) is 5.63. The first-order valence-corrected chi connectivity index (χ1v) is 8.67. The third-order valence-corrected chi connectivity index (χ3v) is 4.69. The van der Waals surface area contributed by atoms with E-state index in [0.29, 0.717) is 5.82 Å². The molecule has 4 nitrogen and oxygen atoms in total. The first-order chi connectivity index (χ1) is 8.72. The van der Waals surface area contributed by atoms with Crippen LogP contribution in [0.3, 0.4) is 0 Å². The standard InChI is InChI=1S/C11H16N4S3/c1-7-14-8(6-17-7)9-10(12)15-18-11(9)13-4-3-5-16-2/h6,13H,3-5H2,1-2H3,(H2,12,15). The van der Waals surface area contributed by atoms with Crippen LogP contribution in [-0.4, -0.2) is 27.9 Å². The normalized spacial score (nSPS) is 10.8. The fraction of sp³-hybridized carbons (Fsp3) is 0.455. The van der Waals surface area contributed by atoms with Crippen molar-refractivity contribution in [3.8, 4) is 11.3 Å². The zero-order valence-corrected chi connectivity index (χ0v) is 12.8. The smallest absolute Gasteiger partial charge is 0.148 e. The van der Waals surface area contributed by atoms with Crippen LogP contribution in [0.1, 0.15) is 11.4 Å². The van der Waals surface area contributed by atoms with Gasteiger partial charge in [0.1, 0.15) is 10.8 Å². The number of thiazole rings is 1. The zero-order valence-electron chi connectivity index (χ0n) is 10.4. The maximum absolute atomic E-state index is 5.93. The zero-order chi connectivity index (χ0) is 13.0. The summed E-state index contributed by atoms with van der Waals surface area (Å²) in [7, 11) is 0. The Morgan fingerprint density at radius 3 is 3.00 bits per heavy atom. The van der Waals surface area contributed by atoms with Gasteiger partial charge in [-0.1, -0.05) is 0 Å². The number of thioether (sulfide) groups is 1. The van der Waals surface area contributed by atoms with Gasteiger partial charge in [0, 0.05) is 11.9 Å². The highest BCUT2D eigenvalue weighted by Gasteiger charge is 2.15. The van der Waals surface area contributed by atoms with Gasteiger partial charge in [0.2, 0.25) is 0 Å². The minimum absolute atomic E-state index is 0.567. The summed E-state index contributed by atoms with van der Waals surface area (Å²) in [6.07, 6.45) is 3.25. The molecule has 0 atom stereocenters. The molecule has 98 valence electrons. The van der Waals surface area contributed by atoms with Crippen molar-refractivity contribution in [1.82, 2.24) is 9.36 Å². The van der Waals surface area contributed by atoms with Gasteiger partial charge in [-0.25, -0.2) is 4.98 Å². The fourth-order valence-electron chi connectivity index (χ4n) is 1.57. The monoisotopic (exact) mass is 300 g/mol. The predicted molar refractivity (Wildman–Crippen MR) is 83.9 cm³/mol. The summed E-state index contributed by atoms with van der Waals surface area (Å²) < 4.78 is 4.22. The van der Waals surface area contributed by atoms with E-state index in [1.54, 1.807) is 11.3 Å². The highest BCUT2D eigenvalue weighted by atomic mass is 32.2.